The van der Waals surface area contributed by atoms with Crippen molar-refractivity contribution in [2.45, 2.75) is 13.3 Å². The van der Waals surface area contributed by atoms with Crippen LogP contribution in [0.2, 0.25) is 0 Å². The van der Waals surface area contributed by atoms with Crippen LogP contribution < -0.4 is 5.43 Å². The SMILES string of the molecule is CC1CC1C(=O)Nn1cn[nH]c1=S. The van der Waals surface area contributed by atoms with E-state index >= 15 is 0 Å². The Labute approximate surface area is 80.1 Å². The average molecular weight is 198 g/mol. The van der Waals surface area contributed by atoms with Crippen LogP contribution in [0.4, 0.5) is 0 Å². The van der Waals surface area contributed by atoms with Crippen molar-refractivity contribution >= 4 is 18.1 Å². The van der Waals surface area contributed by atoms with Crippen molar-refractivity contribution in [3.63, 3.8) is 0 Å². The van der Waals surface area contributed by atoms with Gasteiger partial charge in [0.15, 0.2) is 0 Å². The molecule has 1 aromatic heterocycles. The Bertz CT molecular complexity index is 382. The van der Waals surface area contributed by atoms with Gasteiger partial charge in [0.1, 0.15) is 6.33 Å². The Morgan fingerprint density at radius 2 is 2.62 bits per heavy atom. The van der Waals surface area contributed by atoms with E-state index in [2.05, 4.69) is 22.5 Å². The fraction of sp³-hybridized carbons (Fsp3) is 0.571. The van der Waals surface area contributed by atoms with E-state index < -0.39 is 0 Å². The highest BCUT2D eigenvalue weighted by molar-refractivity contribution is 7.71. The van der Waals surface area contributed by atoms with Crippen molar-refractivity contribution in [3.05, 3.63) is 11.1 Å². The first kappa shape index (κ1) is 8.43. The number of carbonyl (C=O) groups excluding carboxylic acids is 1. The van der Waals surface area contributed by atoms with E-state index in [1.807, 2.05) is 0 Å². The van der Waals surface area contributed by atoms with Crippen molar-refractivity contribution < 1.29 is 4.79 Å². The van der Waals surface area contributed by atoms with Crippen LogP contribution in [0.25, 0.3) is 0 Å². The third-order valence-electron chi connectivity index (χ3n) is 2.23. The van der Waals surface area contributed by atoms with E-state index in [0.717, 1.165) is 6.42 Å². The van der Waals surface area contributed by atoms with Gasteiger partial charge in [0, 0.05) is 5.92 Å². The Kier molecular flexibility index (Phi) is 1.91. The van der Waals surface area contributed by atoms with Gasteiger partial charge in [-0.2, -0.15) is 5.10 Å². The van der Waals surface area contributed by atoms with Crippen LogP contribution in [0.1, 0.15) is 13.3 Å². The van der Waals surface area contributed by atoms with E-state index in [9.17, 15) is 4.79 Å². The highest BCUT2D eigenvalue weighted by atomic mass is 32.1. The molecule has 2 unspecified atom stereocenters. The Balaban J connectivity index is 2.03. The molecule has 0 spiro atoms. The molecule has 1 aliphatic carbocycles. The molecule has 1 amide bonds. The van der Waals surface area contributed by atoms with E-state index in [1.54, 1.807) is 0 Å². The van der Waals surface area contributed by atoms with Gasteiger partial charge in [-0.05, 0) is 24.6 Å². The number of aromatic nitrogens is 3. The maximum atomic E-state index is 11.4. The van der Waals surface area contributed by atoms with Gasteiger partial charge in [0.2, 0.25) is 10.7 Å². The molecule has 1 saturated carbocycles. The summed E-state index contributed by atoms with van der Waals surface area (Å²) < 4.78 is 1.82. The fourth-order valence-corrected chi connectivity index (χ4v) is 1.36. The first-order valence-corrected chi connectivity index (χ1v) is 4.52. The second kappa shape index (κ2) is 2.95. The number of aromatic amines is 1. The third kappa shape index (κ3) is 1.62. The summed E-state index contributed by atoms with van der Waals surface area (Å²) >= 11 is 4.87. The van der Waals surface area contributed by atoms with Crippen LogP contribution in [0.3, 0.4) is 0 Å². The summed E-state index contributed by atoms with van der Waals surface area (Å²) in [5.74, 6) is 0.669. The standard InChI is InChI=1S/C7H10N4OS/c1-4-2-5(4)6(12)10-11-3-8-9-7(11)13/h3-5H,2H2,1H3,(H,9,13)(H,10,12). The van der Waals surface area contributed by atoms with Gasteiger partial charge in [-0.3, -0.25) is 15.3 Å². The van der Waals surface area contributed by atoms with E-state index in [1.165, 1.54) is 11.0 Å². The molecule has 2 atom stereocenters. The summed E-state index contributed by atoms with van der Waals surface area (Å²) in [6.07, 6.45) is 2.42. The fourth-order valence-electron chi connectivity index (χ4n) is 1.22. The minimum absolute atomic E-state index is 0.0185. The number of H-pyrrole nitrogens is 1. The molecule has 2 rings (SSSR count). The zero-order valence-corrected chi connectivity index (χ0v) is 7.97. The number of rotatable bonds is 2. The summed E-state index contributed by atoms with van der Waals surface area (Å²) in [6, 6.07) is 0. The molecule has 0 bridgehead atoms. The zero-order chi connectivity index (χ0) is 9.42. The highest BCUT2D eigenvalue weighted by Crippen LogP contribution is 2.37. The van der Waals surface area contributed by atoms with Crippen molar-refractivity contribution in [2.75, 3.05) is 5.43 Å². The Morgan fingerprint density at radius 1 is 1.92 bits per heavy atom. The van der Waals surface area contributed by atoms with Crippen LogP contribution in [0.15, 0.2) is 6.33 Å². The lowest BCUT2D eigenvalue weighted by molar-refractivity contribution is -0.118. The maximum absolute atomic E-state index is 11.4. The van der Waals surface area contributed by atoms with Crippen molar-refractivity contribution in [1.29, 1.82) is 0 Å². The van der Waals surface area contributed by atoms with E-state index in [-0.39, 0.29) is 11.8 Å². The van der Waals surface area contributed by atoms with Crippen LogP contribution in [0.5, 0.6) is 0 Å². The lowest BCUT2D eigenvalue weighted by Crippen LogP contribution is -2.24. The molecule has 1 aromatic rings. The lowest BCUT2D eigenvalue weighted by atomic mass is 10.3. The molecule has 5 nitrogen and oxygen atoms in total. The van der Waals surface area contributed by atoms with Gasteiger partial charge >= 0.3 is 0 Å². The number of hydrogen-bond acceptors (Lipinski definition) is 3. The lowest BCUT2D eigenvalue weighted by Gasteiger charge is -2.02. The predicted molar refractivity (Wildman–Crippen MR) is 49.1 cm³/mol. The molecule has 70 valence electrons. The topological polar surface area (TPSA) is 62.7 Å². The van der Waals surface area contributed by atoms with Gasteiger partial charge in [-0.15, -0.1) is 0 Å². The van der Waals surface area contributed by atoms with Crippen LogP contribution >= 0.6 is 12.2 Å². The van der Waals surface area contributed by atoms with Gasteiger partial charge in [-0.25, -0.2) is 4.68 Å². The second-order valence-corrected chi connectivity index (χ2v) is 3.71. The molecular formula is C7H10N4OS. The summed E-state index contributed by atoms with van der Waals surface area (Å²) in [5.41, 5.74) is 2.66. The average Bonchev–Trinajstić information content (AvgIpc) is 2.68. The monoisotopic (exact) mass is 198 g/mol. The molecule has 0 aromatic carbocycles. The number of nitrogens with zero attached hydrogens (tertiary/aromatic N) is 2. The van der Waals surface area contributed by atoms with Gasteiger partial charge in [0.05, 0.1) is 0 Å². The smallest absolute Gasteiger partial charge is 0.242 e. The van der Waals surface area contributed by atoms with Crippen molar-refractivity contribution in [3.8, 4) is 0 Å². The zero-order valence-electron chi connectivity index (χ0n) is 7.15. The molecule has 2 N–H and O–H groups in total. The molecule has 0 aliphatic heterocycles. The third-order valence-corrected chi connectivity index (χ3v) is 2.52. The summed E-state index contributed by atoms with van der Waals surface area (Å²) in [5, 5.41) is 6.25. The molecule has 1 aliphatic rings. The van der Waals surface area contributed by atoms with Crippen LogP contribution in [0, 0.1) is 16.6 Å². The van der Waals surface area contributed by atoms with E-state index in [0.29, 0.717) is 10.7 Å². The first-order valence-electron chi connectivity index (χ1n) is 4.11. The molecular weight excluding hydrogens is 188 g/mol. The van der Waals surface area contributed by atoms with Crippen molar-refractivity contribution in [1.82, 2.24) is 14.9 Å². The normalized spacial score (nSPS) is 25.6. The molecule has 13 heavy (non-hydrogen) atoms. The largest absolute Gasteiger partial charge is 0.273 e. The number of carbonyl (C=O) groups is 1. The molecule has 6 heteroatoms. The summed E-state index contributed by atoms with van der Waals surface area (Å²) in [7, 11) is 0. The minimum atomic E-state index is 0.0185. The van der Waals surface area contributed by atoms with E-state index in [4.69, 9.17) is 12.2 Å². The number of hydrogen-bond donors (Lipinski definition) is 2. The Morgan fingerprint density at radius 3 is 3.08 bits per heavy atom. The molecule has 0 radical (unpaired) electrons. The molecule has 1 heterocycles. The maximum Gasteiger partial charge on any atom is 0.242 e. The molecule has 0 saturated heterocycles. The summed E-state index contributed by atoms with van der Waals surface area (Å²) in [6.45, 7) is 2.05. The predicted octanol–water partition coefficient (Wildman–Crippen LogP) is 0.667. The first-order chi connectivity index (χ1) is 6.18. The minimum Gasteiger partial charge on any atom is -0.273 e. The van der Waals surface area contributed by atoms with Gasteiger partial charge in [0.25, 0.3) is 0 Å². The second-order valence-electron chi connectivity index (χ2n) is 3.33. The van der Waals surface area contributed by atoms with Gasteiger partial charge < -0.3 is 0 Å². The van der Waals surface area contributed by atoms with Crippen LogP contribution in [-0.4, -0.2) is 20.8 Å². The molecule has 1 fully saturated rings. The van der Waals surface area contributed by atoms with Crippen LogP contribution in [-0.2, 0) is 4.79 Å². The van der Waals surface area contributed by atoms with Gasteiger partial charge in [-0.1, -0.05) is 6.92 Å². The van der Waals surface area contributed by atoms with Crippen molar-refractivity contribution in [2.24, 2.45) is 11.8 Å². The highest BCUT2D eigenvalue weighted by Gasteiger charge is 2.39. The quantitative estimate of drug-likeness (QED) is 0.686. The summed E-state index contributed by atoms with van der Waals surface area (Å²) in [4.78, 5) is 11.4. The number of nitrogens with one attached hydrogen (secondary N) is 2. The Hall–Kier alpha value is -1.17. The number of amides is 1.